The van der Waals surface area contributed by atoms with E-state index < -0.39 is 0 Å². The van der Waals surface area contributed by atoms with Gasteiger partial charge >= 0.3 is 0 Å². The van der Waals surface area contributed by atoms with Crippen molar-refractivity contribution in [3.63, 3.8) is 0 Å². The second-order valence-corrected chi connectivity index (χ2v) is 5.55. The number of methoxy groups -OCH3 is 1. The van der Waals surface area contributed by atoms with E-state index in [1.807, 2.05) is 12.1 Å². The molecule has 21 heavy (non-hydrogen) atoms. The lowest BCUT2D eigenvalue weighted by molar-refractivity contribution is 0.104. The minimum absolute atomic E-state index is 0.121. The number of benzene rings is 2. The molecule has 3 nitrogen and oxygen atoms in total. The van der Waals surface area contributed by atoms with Crippen LogP contribution in [0.2, 0.25) is 5.02 Å². The number of ketones is 1. The zero-order valence-corrected chi connectivity index (χ0v) is 13.5. The Morgan fingerprint density at radius 3 is 2.57 bits per heavy atom. The van der Waals surface area contributed by atoms with E-state index >= 15 is 0 Å². The smallest absolute Gasteiger partial charge is 0.189 e. The molecule has 0 amide bonds. The molecule has 0 heterocycles. The lowest BCUT2D eigenvalue weighted by atomic mass is 10.1. The van der Waals surface area contributed by atoms with Crippen molar-refractivity contribution in [1.82, 2.24) is 0 Å². The zero-order chi connectivity index (χ0) is 15.4. The standard InChI is InChI=1S/C16H12BrClO3/c1-21-12-5-2-10(3-6-12)4-7-15(19)13-8-11(18)9-14(17)16(13)20/h2-9,20H,1H3. The summed E-state index contributed by atoms with van der Waals surface area (Å²) >= 11 is 9.04. The Morgan fingerprint density at radius 2 is 1.95 bits per heavy atom. The molecule has 0 unspecified atom stereocenters. The van der Waals surface area contributed by atoms with Gasteiger partial charge in [-0.15, -0.1) is 0 Å². The van der Waals surface area contributed by atoms with E-state index in [9.17, 15) is 9.90 Å². The molecule has 0 fully saturated rings. The van der Waals surface area contributed by atoms with Gasteiger partial charge in [0.1, 0.15) is 11.5 Å². The molecule has 0 saturated heterocycles. The van der Waals surface area contributed by atoms with Crippen molar-refractivity contribution in [1.29, 1.82) is 0 Å². The number of hydrogen-bond acceptors (Lipinski definition) is 3. The second kappa shape index (κ2) is 6.78. The number of halogens is 2. The summed E-state index contributed by atoms with van der Waals surface area (Å²) < 4.78 is 5.45. The molecule has 0 spiro atoms. The molecule has 0 bridgehead atoms. The van der Waals surface area contributed by atoms with Crippen molar-refractivity contribution >= 4 is 39.4 Å². The van der Waals surface area contributed by atoms with Gasteiger partial charge in [0.2, 0.25) is 0 Å². The van der Waals surface area contributed by atoms with E-state index in [0.29, 0.717) is 9.50 Å². The van der Waals surface area contributed by atoms with E-state index in [0.717, 1.165) is 11.3 Å². The van der Waals surface area contributed by atoms with Gasteiger partial charge in [0.15, 0.2) is 5.78 Å². The van der Waals surface area contributed by atoms with Crippen LogP contribution in [0.3, 0.4) is 0 Å². The van der Waals surface area contributed by atoms with Gasteiger partial charge in [-0.3, -0.25) is 4.79 Å². The van der Waals surface area contributed by atoms with Gasteiger partial charge in [-0.25, -0.2) is 0 Å². The van der Waals surface area contributed by atoms with Gasteiger partial charge in [0.25, 0.3) is 0 Å². The highest BCUT2D eigenvalue weighted by molar-refractivity contribution is 9.10. The highest BCUT2D eigenvalue weighted by Crippen LogP contribution is 2.32. The number of ether oxygens (including phenoxy) is 1. The fraction of sp³-hybridized carbons (Fsp3) is 0.0625. The lowest BCUT2D eigenvalue weighted by Crippen LogP contribution is -1.95. The molecule has 1 N–H and O–H groups in total. The van der Waals surface area contributed by atoms with Crippen molar-refractivity contribution in [3.05, 3.63) is 63.1 Å². The molecule has 0 aliphatic heterocycles. The van der Waals surface area contributed by atoms with E-state index in [-0.39, 0.29) is 17.1 Å². The highest BCUT2D eigenvalue weighted by atomic mass is 79.9. The van der Waals surface area contributed by atoms with Crippen LogP contribution in [-0.2, 0) is 0 Å². The number of allylic oxidation sites excluding steroid dienone is 1. The van der Waals surface area contributed by atoms with Crippen LogP contribution in [0.1, 0.15) is 15.9 Å². The number of carbonyl (C=O) groups excluding carboxylic acids is 1. The van der Waals surface area contributed by atoms with Gasteiger partial charge in [0.05, 0.1) is 17.1 Å². The topological polar surface area (TPSA) is 46.5 Å². The Labute approximate surface area is 135 Å². The summed E-state index contributed by atoms with van der Waals surface area (Å²) in [4.78, 5) is 12.1. The maximum Gasteiger partial charge on any atom is 0.189 e. The fourth-order valence-electron chi connectivity index (χ4n) is 1.73. The Kier molecular flexibility index (Phi) is 5.04. The van der Waals surface area contributed by atoms with E-state index in [1.54, 1.807) is 25.3 Å². The first-order valence-corrected chi connectivity index (χ1v) is 7.23. The van der Waals surface area contributed by atoms with Crippen molar-refractivity contribution in [2.45, 2.75) is 0 Å². The molecule has 2 aromatic carbocycles. The van der Waals surface area contributed by atoms with Gasteiger partial charge in [-0.1, -0.05) is 29.8 Å². The summed E-state index contributed by atoms with van der Waals surface area (Å²) in [7, 11) is 1.59. The predicted octanol–water partition coefficient (Wildman–Crippen LogP) is 4.71. The minimum Gasteiger partial charge on any atom is -0.506 e. The lowest BCUT2D eigenvalue weighted by Gasteiger charge is -2.04. The van der Waals surface area contributed by atoms with Gasteiger partial charge in [-0.2, -0.15) is 0 Å². The largest absolute Gasteiger partial charge is 0.506 e. The molecule has 0 aliphatic rings. The first kappa shape index (κ1) is 15.6. The quantitative estimate of drug-likeness (QED) is 0.628. The van der Waals surface area contributed by atoms with Crippen LogP contribution in [0.25, 0.3) is 6.08 Å². The SMILES string of the molecule is COc1ccc(C=CC(=O)c2cc(Cl)cc(Br)c2O)cc1. The third kappa shape index (κ3) is 3.86. The summed E-state index contributed by atoms with van der Waals surface area (Å²) in [5.41, 5.74) is 1.00. The predicted molar refractivity (Wildman–Crippen MR) is 87.2 cm³/mol. The number of aromatic hydroxyl groups is 1. The highest BCUT2D eigenvalue weighted by Gasteiger charge is 2.12. The van der Waals surface area contributed by atoms with Crippen LogP contribution in [0.5, 0.6) is 11.5 Å². The van der Waals surface area contributed by atoms with Gasteiger partial charge in [0, 0.05) is 5.02 Å². The molecule has 5 heteroatoms. The molecule has 0 atom stereocenters. The third-order valence-electron chi connectivity index (χ3n) is 2.84. The summed E-state index contributed by atoms with van der Waals surface area (Å²) in [6.45, 7) is 0. The van der Waals surface area contributed by atoms with Crippen molar-refractivity contribution in [2.24, 2.45) is 0 Å². The van der Waals surface area contributed by atoms with Crippen molar-refractivity contribution in [2.75, 3.05) is 7.11 Å². The molecule has 2 rings (SSSR count). The monoisotopic (exact) mass is 366 g/mol. The molecule has 0 radical (unpaired) electrons. The molecular weight excluding hydrogens is 356 g/mol. The molecule has 108 valence electrons. The van der Waals surface area contributed by atoms with Crippen LogP contribution in [0, 0.1) is 0 Å². The van der Waals surface area contributed by atoms with Crippen molar-refractivity contribution < 1.29 is 14.6 Å². The van der Waals surface area contributed by atoms with E-state index in [1.165, 1.54) is 18.2 Å². The molecular formula is C16H12BrClO3. The zero-order valence-electron chi connectivity index (χ0n) is 11.1. The molecule has 2 aromatic rings. The fourth-order valence-corrected chi connectivity index (χ4v) is 2.54. The number of carbonyl (C=O) groups is 1. The maximum atomic E-state index is 12.1. The summed E-state index contributed by atoms with van der Waals surface area (Å²) in [5.74, 6) is 0.296. The summed E-state index contributed by atoms with van der Waals surface area (Å²) in [6, 6.07) is 10.2. The Hall–Kier alpha value is -1.78. The molecule has 0 aromatic heterocycles. The van der Waals surface area contributed by atoms with Crippen LogP contribution >= 0.6 is 27.5 Å². The van der Waals surface area contributed by atoms with Crippen LogP contribution in [0.15, 0.2) is 46.9 Å². The first-order chi connectivity index (χ1) is 10.0. The van der Waals surface area contributed by atoms with E-state index in [4.69, 9.17) is 16.3 Å². The number of rotatable bonds is 4. The van der Waals surface area contributed by atoms with Gasteiger partial charge < -0.3 is 9.84 Å². The average molecular weight is 368 g/mol. The molecule has 0 saturated carbocycles. The first-order valence-electron chi connectivity index (χ1n) is 6.05. The summed E-state index contributed by atoms with van der Waals surface area (Å²) in [6.07, 6.45) is 3.05. The summed E-state index contributed by atoms with van der Waals surface area (Å²) in [5, 5.41) is 10.3. The number of phenols is 1. The normalized spacial score (nSPS) is 10.8. The maximum absolute atomic E-state index is 12.1. The Morgan fingerprint density at radius 1 is 1.29 bits per heavy atom. The third-order valence-corrected chi connectivity index (χ3v) is 3.66. The average Bonchev–Trinajstić information content (AvgIpc) is 2.49. The molecule has 0 aliphatic carbocycles. The number of hydrogen-bond donors (Lipinski definition) is 1. The van der Waals surface area contributed by atoms with Gasteiger partial charge in [-0.05, 0) is 51.8 Å². The van der Waals surface area contributed by atoms with E-state index in [2.05, 4.69) is 15.9 Å². The second-order valence-electron chi connectivity index (χ2n) is 4.25. The van der Waals surface area contributed by atoms with Crippen LogP contribution < -0.4 is 4.74 Å². The van der Waals surface area contributed by atoms with Crippen LogP contribution in [-0.4, -0.2) is 18.0 Å². The minimum atomic E-state index is -0.327. The Bertz CT molecular complexity index is 693. The van der Waals surface area contributed by atoms with Crippen LogP contribution in [0.4, 0.5) is 0 Å². The van der Waals surface area contributed by atoms with Crippen molar-refractivity contribution in [3.8, 4) is 11.5 Å². The number of phenolic OH excluding ortho intramolecular Hbond substituents is 1. The Balaban J connectivity index is 2.22.